The third-order valence-corrected chi connectivity index (χ3v) is 5.98. The summed E-state index contributed by atoms with van der Waals surface area (Å²) in [6.45, 7) is 7.95. The maximum atomic E-state index is 12.5. The molecular formula is C19H26N4O2S+2. The van der Waals surface area contributed by atoms with Crippen LogP contribution in [0.1, 0.15) is 17.3 Å². The molecular weight excluding hydrogens is 348 g/mol. The minimum Gasteiger partial charge on any atom is -0.366 e. The molecule has 0 spiro atoms. The Morgan fingerprint density at radius 1 is 1.12 bits per heavy atom. The lowest BCUT2D eigenvalue weighted by Gasteiger charge is -2.28. The fourth-order valence-corrected chi connectivity index (χ4v) is 4.38. The Labute approximate surface area is 157 Å². The molecule has 0 atom stereocenters. The van der Waals surface area contributed by atoms with E-state index in [9.17, 15) is 9.59 Å². The number of hydrogen-bond acceptors (Lipinski definition) is 3. The first kappa shape index (κ1) is 18.6. The molecule has 26 heavy (non-hydrogen) atoms. The second-order valence-corrected chi connectivity index (χ2v) is 7.71. The zero-order chi connectivity index (χ0) is 18.5. The molecule has 1 aromatic carbocycles. The van der Waals surface area contributed by atoms with E-state index >= 15 is 0 Å². The lowest BCUT2D eigenvalue weighted by atomic mass is 10.1. The lowest BCUT2D eigenvalue weighted by Crippen LogP contribution is -3.28. The smallest absolute Gasteiger partial charge is 0.280 e. The van der Waals surface area contributed by atoms with Crippen molar-refractivity contribution in [3.8, 4) is 10.4 Å². The molecule has 7 heteroatoms. The maximum Gasteiger partial charge on any atom is 0.280 e. The molecule has 1 saturated heterocycles. The van der Waals surface area contributed by atoms with E-state index in [4.69, 9.17) is 5.73 Å². The topological polar surface area (TPSA) is 81.1 Å². The summed E-state index contributed by atoms with van der Waals surface area (Å²) in [5, 5.41) is 3.45. The van der Waals surface area contributed by atoms with Crippen molar-refractivity contribution in [3.63, 3.8) is 0 Å². The fourth-order valence-electron chi connectivity index (χ4n) is 3.30. The molecule has 0 unspecified atom stereocenters. The van der Waals surface area contributed by atoms with Gasteiger partial charge in [-0.1, -0.05) is 30.3 Å². The van der Waals surface area contributed by atoms with Gasteiger partial charge in [0.25, 0.3) is 11.8 Å². The molecule has 6 nitrogen and oxygen atoms in total. The normalized spacial score (nSPS) is 19.9. The Morgan fingerprint density at radius 3 is 2.38 bits per heavy atom. The minimum absolute atomic E-state index is 0.0658. The summed E-state index contributed by atoms with van der Waals surface area (Å²) in [7, 11) is 0. The highest BCUT2D eigenvalue weighted by atomic mass is 32.1. The van der Waals surface area contributed by atoms with Crippen molar-refractivity contribution >= 4 is 28.2 Å². The van der Waals surface area contributed by atoms with E-state index in [1.807, 2.05) is 30.3 Å². The van der Waals surface area contributed by atoms with Crippen molar-refractivity contribution in [2.24, 2.45) is 5.73 Å². The first-order valence-electron chi connectivity index (χ1n) is 9.03. The highest BCUT2D eigenvalue weighted by Crippen LogP contribution is 2.35. The van der Waals surface area contributed by atoms with Crippen LogP contribution in [0.25, 0.3) is 10.4 Å². The van der Waals surface area contributed by atoms with Crippen LogP contribution in [0.3, 0.4) is 0 Å². The average Bonchev–Trinajstić information content (AvgIpc) is 3.07. The number of quaternary nitrogens is 2. The molecule has 1 aromatic heterocycles. The number of piperazine rings is 1. The van der Waals surface area contributed by atoms with E-state index in [0.29, 0.717) is 17.1 Å². The molecule has 2 heterocycles. The van der Waals surface area contributed by atoms with Gasteiger partial charge in [-0.3, -0.25) is 9.59 Å². The molecule has 138 valence electrons. The van der Waals surface area contributed by atoms with Gasteiger partial charge in [-0.05, 0) is 18.6 Å². The minimum atomic E-state index is -0.522. The number of amides is 2. The highest BCUT2D eigenvalue weighted by Gasteiger charge is 2.24. The van der Waals surface area contributed by atoms with Crippen LogP contribution in [-0.2, 0) is 4.79 Å². The summed E-state index contributed by atoms with van der Waals surface area (Å²) < 4.78 is 0. The van der Waals surface area contributed by atoms with Crippen LogP contribution >= 0.6 is 11.3 Å². The summed E-state index contributed by atoms with van der Waals surface area (Å²) in [5.41, 5.74) is 6.88. The highest BCUT2D eigenvalue weighted by molar-refractivity contribution is 7.20. The Bertz CT molecular complexity index is 767. The van der Waals surface area contributed by atoms with Gasteiger partial charge < -0.3 is 20.9 Å². The number of thiophene rings is 1. The van der Waals surface area contributed by atoms with Gasteiger partial charge in [0, 0.05) is 4.88 Å². The number of rotatable bonds is 6. The van der Waals surface area contributed by atoms with E-state index in [-0.39, 0.29) is 5.91 Å². The predicted molar refractivity (Wildman–Crippen MR) is 104 cm³/mol. The molecule has 1 aliphatic heterocycles. The number of primary amides is 1. The molecule has 0 bridgehead atoms. The van der Waals surface area contributed by atoms with Gasteiger partial charge in [-0.25, -0.2) is 0 Å². The second-order valence-electron chi connectivity index (χ2n) is 6.66. The maximum absolute atomic E-state index is 12.5. The largest absolute Gasteiger partial charge is 0.366 e. The fraction of sp³-hybridized carbons (Fsp3) is 0.368. The molecule has 0 aliphatic carbocycles. The summed E-state index contributed by atoms with van der Waals surface area (Å²) in [6.07, 6.45) is 0. The third-order valence-electron chi connectivity index (χ3n) is 4.88. The third kappa shape index (κ3) is 4.49. The molecule has 5 N–H and O–H groups in total. The molecule has 2 aromatic rings. The number of carbonyl (C=O) groups excluding carboxylic acids is 2. The van der Waals surface area contributed by atoms with E-state index in [0.717, 1.165) is 43.2 Å². The van der Waals surface area contributed by atoms with Crippen LogP contribution in [0, 0.1) is 0 Å². The Kier molecular flexibility index (Phi) is 6.03. The van der Waals surface area contributed by atoms with Crippen LogP contribution < -0.4 is 20.9 Å². The zero-order valence-electron chi connectivity index (χ0n) is 15.0. The van der Waals surface area contributed by atoms with E-state index in [1.165, 1.54) is 16.2 Å². The van der Waals surface area contributed by atoms with Crippen molar-refractivity contribution in [2.75, 3.05) is 44.6 Å². The van der Waals surface area contributed by atoms with Crippen LogP contribution in [0.4, 0.5) is 5.00 Å². The molecule has 1 fully saturated rings. The van der Waals surface area contributed by atoms with Gasteiger partial charge in [-0.2, -0.15) is 0 Å². The molecule has 3 rings (SSSR count). The van der Waals surface area contributed by atoms with Gasteiger partial charge >= 0.3 is 0 Å². The quantitative estimate of drug-likeness (QED) is 0.537. The molecule has 0 saturated carbocycles. The summed E-state index contributed by atoms with van der Waals surface area (Å²) >= 11 is 1.39. The SMILES string of the molecule is CC[NH+]1CC[NH+](CC(=O)Nc2sc(-c3ccccc3)cc2C(N)=O)CC1. The predicted octanol–water partition coefficient (Wildman–Crippen LogP) is -0.744. The molecule has 0 radical (unpaired) electrons. The van der Waals surface area contributed by atoms with E-state index in [2.05, 4.69) is 12.2 Å². The number of nitrogens with two attached hydrogens (primary N) is 1. The Balaban J connectivity index is 1.68. The Morgan fingerprint density at radius 2 is 1.77 bits per heavy atom. The van der Waals surface area contributed by atoms with Gasteiger partial charge in [0.15, 0.2) is 6.54 Å². The number of hydrogen-bond donors (Lipinski definition) is 4. The van der Waals surface area contributed by atoms with Crippen molar-refractivity contribution in [3.05, 3.63) is 42.0 Å². The van der Waals surface area contributed by atoms with Gasteiger partial charge in [0.05, 0.1) is 12.1 Å². The number of benzene rings is 1. The lowest BCUT2D eigenvalue weighted by molar-refractivity contribution is -1.01. The zero-order valence-corrected chi connectivity index (χ0v) is 15.8. The first-order valence-corrected chi connectivity index (χ1v) is 9.84. The van der Waals surface area contributed by atoms with Gasteiger partial charge in [0.2, 0.25) is 0 Å². The van der Waals surface area contributed by atoms with E-state index in [1.54, 1.807) is 11.0 Å². The summed E-state index contributed by atoms with van der Waals surface area (Å²) in [5.74, 6) is -0.588. The van der Waals surface area contributed by atoms with Crippen LogP contribution in [0.5, 0.6) is 0 Å². The van der Waals surface area contributed by atoms with Crippen LogP contribution in [0.2, 0.25) is 0 Å². The monoisotopic (exact) mass is 374 g/mol. The van der Waals surface area contributed by atoms with Gasteiger partial charge in [-0.15, -0.1) is 11.3 Å². The second kappa shape index (κ2) is 8.44. The van der Waals surface area contributed by atoms with Crippen molar-refractivity contribution in [2.45, 2.75) is 6.92 Å². The average molecular weight is 375 g/mol. The van der Waals surface area contributed by atoms with Crippen molar-refractivity contribution in [1.29, 1.82) is 0 Å². The standard InChI is InChI=1S/C19H24N4O2S/c1-2-22-8-10-23(11-9-22)13-17(24)21-19-15(18(20)25)12-16(26-19)14-6-4-3-5-7-14/h3-7,12H,2,8-11,13H2,1H3,(H2,20,25)(H,21,24)/p+2. The number of anilines is 1. The van der Waals surface area contributed by atoms with E-state index < -0.39 is 5.91 Å². The molecule has 2 amide bonds. The van der Waals surface area contributed by atoms with Crippen LogP contribution in [-0.4, -0.2) is 51.1 Å². The number of carbonyl (C=O) groups is 2. The molecule has 1 aliphatic rings. The Hall–Kier alpha value is -2.22. The first-order chi connectivity index (χ1) is 12.6. The van der Waals surface area contributed by atoms with Crippen molar-refractivity contribution in [1.82, 2.24) is 0 Å². The van der Waals surface area contributed by atoms with Crippen LogP contribution in [0.15, 0.2) is 36.4 Å². The summed E-state index contributed by atoms with van der Waals surface area (Å²) in [6, 6.07) is 11.5. The van der Waals surface area contributed by atoms with Gasteiger partial charge in [0.1, 0.15) is 31.2 Å². The summed E-state index contributed by atoms with van der Waals surface area (Å²) in [4.78, 5) is 28.0. The van der Waals surface area contributed by atoms with Crippen molar-refractivity contribution < 1.29 is 19.4 Å². The number of nitrogens with one attached hydrogen (secondary N) is 3. The number of likely N-dealkylation sites (N-methyl/N-ethyl adjacent to an activating group) is 1.